The predicted molar refractivity (Wildman–Crippen MR) is 182 cm³/mol. The maximum absolute atomic E-state index is 13.6. The van der Waals surface area contributed by atoms with E-state index in [0.29, 0.717) is 19.4 Å². The van der Waals surface area contributed by atoms with E-state index in [9.17, 15) is 4.57 Å². The summed E-state index contributed by atoms with van der Waals surface area (Å²) in [6, 6.07) is 4.29. The molecule has 1 heterocycles. The van der Waals surface area contributed by atoms with Gasteiger partial charge in [0.25, 0.3) is 0 Å². The normalized spacial score (nSPS) is 11.6. The topological polar surface area (TPSA) is 39.4 Å². The van der Waals surface area contributed by atoms with Crippen LogP contribution in [0.3, 0.4) is 0 Å². The zero-order valence-electron chi connectivity index (χ0n) is 28.8. The molecule has 0 amide bonds. The van der Waals surface area contributed by atoms with Gasteiger partial charge in [0.05, 0.1) is 19.4 Å². The molecule has 1 rings (SSSR count). The average molecular weight is 644 g/mol. The summed E-state index contributed by atoms with van der Waals surface area (Å²) in [5.41, 5.74) is 1.28. The van der Waals surface area contributed by atoms with Crippen molar-refractivity contribution in [1.82, 2.24) is 0 Å². The summed E-state index contributed by atoms with van der Waals surface area (Å²) in [5.74, 6) is 0. The molecule has 6 heteroatoms. The van der Waals surface area contributed by atoms with E-state index < -0.39 is 7.60 Å². The summed E-state index contributed by atoms with van der Waals surface area (Å²) < 4.78 is 27.7. The number of halogens is 1. The van der Waals surface area contributed by atoms with Gasteiger partial charge in [-0.1, -0.05) is 155 Å². The molecule has 0 aromatic carbocycles. The van der Waals surface area contributed by atoms with Crippen LogP contribution < -0.4 is 17.0 Å². The fraction of sp³-hybridized carbons (Fsp3) is 0.865. The molecule has 254 valence electrons. The summed E-state index contributed by atoms with van der Waals surface area (Å²) >= 11 is 0. The van der Waals surface area contributed by atoms with Crippen LogP contribution in [0, 0.1) is 0 Å². The smallest absolute Gasteiger partial charge is 0.330 e. The van der Waals surface area contributed by atoms with Crippen LogP contribution in [0.5, 0.6) is 0 Å². The van der Waals surface area contributed by atoms with Crippen LogP contribution >= 0.6 is 7.60 Å². The maximum atomic E-state index is 13.6. The van der Waals surface area contributed by atoms with Gasteiger partial charge in [0.15, 0.2) is 12.4 Å². The Kier molecular flexibility index (Phi) is 31.3. The molecule has 0 aliphatic heterocycles. The Balaban J connectivity index is 0.0000176. The first-order chi connectivity index (χ1) is 20.6. The number of nitrogens with zero attached hydrogens (tertiary/aromatic N) is 1. The average Bonchev–Trinajstić information content (AvgIpc) is 2.99. The number of hydrogen-bond donors (Lipinski definition) is 0. The third kappa shape index (κ3) is 27.6. The van der Waals surface area contributed by atoms with Crippen molar-refractivity contribution in [2.75, 3.05) is 19.4 Å². The van der Waals surface area contributed by atoms with Crippen LogP contribution in [0.1, 0.15) is 180 Å². The summed E-state index contributed by atoms with van der Waals surface area (Å²) in [6.45, 7) is 5.69. The van der Waals surface area contributed by atoms with E-state index in [1.165, 1.54) is 134 Å². The summed E-state index contributed by atoms with van der Waals surface area (Å²) in [4.78, 5) is 0. The highest BCUT2D eigenvalue weighted by Crippen LogP contribution is 2.49. The van der Waals surface area contributed by atoms with Gasteiger partial charge >= 0.3 is 7.60 Å². The summed E-state index contributed by atoms with van der Waals surface area (Å²) in [7, 11) is -1.00. The van der Waals surface area contributed by atoms with Crippen LogP contribution in [0.2, 0.25) is 0 Å². The van der Waals surface area contributed by atoms with Crippen LogP contribution in [-0.4, -0.2) is 19.4 Å². The number of rotatable bonds is 32. The van der Waals surface area contributed by atoms with Crippen molar-refractivity contribution in [2.24, 2.45) is 7.05 Å². The Bertz CT molecular complexity index is 712. The van der Waals surface area contributed by atoms with E-state index >= 15 is 0 Å². The number of hydrogen-bond acceptors (Lipinski definition) is 3. The first-order valence-corrected chi connectivity index (χ1v) is 20.1. The van der Waals surface area contributed by atoms with Crippen molar-refractivity contribution in [1.29, 1.82) is 0 Å². The zero-order chi connectivity index (χ0) is 30.4. The summed E-state index contributed by atoms with van der Waals surface area (Å²) in [6.07, 6.45) is 38.0. The standard InChI is InChI=1S/C37H71NO3P.ClH/c1-4-6-8-10-12-14-16-18-20-22-24-26-34-40-42(39,36-28-29-37-30-32-38(3)33-31-37)41-35-27-25-23-21-19-17-15-13-11-9-7-5-2;/h30-33H,4-29,34-36H2,1-3H3;1H/q+1;/p-1. The monoisotopic (exact) mass is 643 g/mol. The minimum absolute atomic E-state index is 0. The van der Waals surface area contributed by atoms with Crippen LogP contribution in [0.25, 0.3) is 0 Å². The molecule has 0 bridgehead atoms. The van der Waals surface area contributed by atoms with Crippen LogP contribution in [0.15, 0.2) is 24.5 Å². The molecule has 0 spiro atoms. The predicted octanol–water partition coefficient (Wildman–Crippen LogP) is 9.08. The number of aryl methyl sites for hydroxylation is 2. The molecule has 0 saturated heterocycles. The molecule has 0 N–H and O–H groups in total. The van der Waals surface area contributed by atoms with Crippen molar-refractivity contribution in [3.05, 3.63) is 30.1 Å². The largest absolute Gasteiger partial charge is 1.00 e. The first-order valence-electron chi connectivity index (χ1n) is 18.4. The van der Waals surface area contributed by atoms with E-state index in [2.05, 4.69) is 38.4 Å². The lowest BCUT2D eigenvalue weighted by Crippen LogP contribution is -3.00. The fourth-order valence-electron chi connectivity index (χ4n) is 5.64. The van der Waals surface area contributed by atoms with E-state index in [0.717, 1.165) is 38.5 Å². The number of pyridine rings is 1. The molecule has 0 aliphatic rings. The molecule has 1 aromatic rings. The van der Waals surface area contributed by atoms with Crippen molar-refractivity contribution in [3.8, 4) is 0 Å². The minimum atomic E-state index is -3.04. The molecule has 0 atom stereocenters. The van der Waals surface area contributed by atoms with E-state index in [4.69, 9.17) is 9.05 Å². The molecule has 0 aliphatic carbocycles. The van der Waals surface area contributed by atoms with Gasteiger partial charge in [-0.05, 0) is 31.2 Å². The van der Waals surface area contributed by atoms with Gasteiger partial charge < -0.3 is 21.5 Å². The van der Waals surface area contributed by atoms with Crippen LogP contribution in [-0.2, 0) is 27.1 Å². The second kappa shape index (κ2) is 31.6. The van der Waals surface area contributed by atoms with Gasteiger partial charge in [-0.15, -0.1) is 0 Å². The molecule has 0 unspecified atom stereocenters. The van der Waals surface area contributed by atoms with Gasteiger partial charge in [0.1, 0.15) is 7.05 Å². The third-order valence-corrected chi connectivity index (χ3v) is 10.5. The Labute approximate surface area is 274 Å². The second-order valence-electron chi connectivity index (χ2n) is 12.8. The third-order valence-electron chi connectivity index (χ3n) is 8.52. The van der Waals surface area contributed by atoms with Crippen molar-refractivity contribution >= 4 is 7.60 Å². The lowest BCUT2D eigenvalue weighted by molar-refractivity contribution is -0.671. The number of unbranched alkanes of at least 4 members (excludes halogenated alkanes) is 22. The van der Waals surface area contributed by atoms with E-state index in [-0.39, 0.29) is 12.4 Å². The first kappa shape index (κ1) is 42.6. The molecule has 0 fully saturated rings. The van der Waals surface area contributed by atoms with E-state index in [1.54, 1.807) is 0 Å². The van der Waals surface area contributed by atoms with Gasteiger partial charge in [-0.25, -0.2) is 4.57 Å². The highest BCUT2D eigenvalue weighted by molar-refractivity contribution is 7.53. The SMILES string of the molecule is CCCCCCCCCCCCCCOP(=O)(CCCc1cc[n+](C)cc1)OCCCCCCCCCCCCCC.[Cl-]. The van der Waals surface area contributed by atoms with Crippen molar-refractivity contribution in [2.45, 2.75) is 181 Å². The molecular formula is C37H71ClNO3P. The fourth-order valence-corrected chi connectivity index (χ4v) is 7.33. The molecule has 0 saturated carbocycles. The summed E-state index contributed by atoms with van der Waals surface area (Å²) in [5, 5.41) is 0. The van der Waals surface area contributed by atoms with Gasteiger partial charge in [0.2, 0.25) is 0 Å². The second-order valence-corrected chi connectivity index (χ2v) is 14.9. The molecule has 43 heavy (non-hydrogen) atoms. The van der Waals surface area contributed by atoms with Gasteiger partial charge in [0, 0.05) is 12.1 Å². The lowest BCUT2D eigenvalue weighted by Gasteiger charge is -2.19. The Morgan fingerprint density at radius 1 is 0.535 bits per heavy atom. The Morgan fingerprint density at radius 3 is 1.21 bits per heavy atom. The van der Waals surface area contributed by atoms with Gasteiger partial charge in [-0.2, -0.15) is 0 Å². The number of aromatic nitrogens is 1. The maximum Gasteiger partial charge on any atom is 0.330 e. The van der Waals surface area contributed by atoms with Crippen LogP contribution in [0.4, 0.5) is 0 Å². The zero-order valence-corrected chi connectivity index (χ0v) is 30.5. The lowest BCUT2D eigenvalue weighted by atomic mass is 10.1. The Hall–Kier alpha value is -0.410. The highest BCUT2D eigenvalue weighted by Gasteiger charge is 2.24. The minimum Gasteiger partial charge on any atom is -1.00 e. The molecule has 4 nitrogen and oxygen atoms in total. The van der Waals surface area contributed by atoms with Crippen molar-refractivity contribution in [3.63, 3.8) is 0 Å². The van der Waals surface area contributed by atoms with E-state index in [1.807, 2.05) is 11.6 Å². The Morgan fingerprint density at radius 2 is 0.860 bits per heavy atom. The van der Waals surface area contributed by atoms with Gasteiger partial charge in [-0.3, -0.25) is 4.57 Å². The molecular weight excluding hydrogens is 573 g/mol. The highest BCUT2D eigenvalue weighted by atomic mass is 35.5. The quantitative estimate of drug-likeness (QED) is 0.0447. The molecule has 0 radical (unpaired) electrons. The molecule has 1 aromatic heterocycles. The van der Waals surface area contributed by atoms with Crippen molar-refractivity contribution < 1.29 is 30.6 Å².